The fourth-order valence-corrected chi connectivity index (χ4v) is 3.85. The van der Waals surface area contributed by atoms with E-state index in [0.29, 0.717) is 22.1 Å². The molecule has 0 aliphatic heterocycles. The van der Waals surface area contributed by atoms with Crippen molar-refractivity contribution in [2.45, 2.75) is 50.0 Å². The van der Waals surface area contributed by atoms with Crippen molar-refractivity contribution in [3.63, 3.8) is 0 Å². The monoisotopic (exact) mass is 358 g/mol. The number of aliphatic carboxylic acids is 1. The van der Waals surface area contributed by atoms with E-state index in [1.54, 1.807) is 24.3 Å². The molecule has 0 unspecified atom stereocenters. The maximum absolute atomic E-state index is 11.8. The summed E-state index contributed by atoms with van der Waals surface area (Å²) >= 11 is 5.87. The van der Waals surface area contributed by atoms with Crippen LogP contribution in [0, 0.1) is 0 Å². The predicted octanol–water partition coefficient (Wildman–Crippen LogP) is 5.29. The first-order chi connectivity index (χ1) is 12.1. The molecule has 3 nitrogen and oxygen atoms in total. The summed E-state index contributed by atoms with van der Waals surface area (Å²) in [5.74, 6) is -1.46. The third-order valence-corrected chi connectivity index (χ3v) is 5.42. The Kier molecular flexibility index (Phi) is 5.77. The van der Waals surface area contributed by atoms with Crippen LogP contribution in [0.4, 0.5) is 0 Å². The quantitative estimate of drug-likeness (QED) is 0.763. The fraction of sp³-hybridized carbons (Fsp3) is 0.381. The van der Waals surface area contributed by atoms with Gasteiger partial charge in [0, 0.05) is 5.02 Å². The molecule has 3 rings (SSSR count). The molecule has 4 heteroatoms. The van der Waals surface area contributed by atoms with Crippen LogP contribution in [-0.2, 0) is 4.79 Å². The molecule has 0 heterocycles. The van der Waals surface area contributed by atoms with Crippen molar-refractivity contribution in [3.05, 3.63) is 70.2 Å². The zero-order valence-corrected chi connectivity index (χ0v) is 14.8. The molecule has 2 N–H and O–H groups in total. The molecule has 0 spiro atoms. The van der Waals surface area contributed by atoms with Gasteiger partial charge < -0.3 is 10.2 Å². The first kappa shape index (κ1) is 18.0. The van der Waals surface area contributed by atoms with Crippen molar-refractivity contribution in [1.82, 2.24) is 0 Å². The molecule has 0 bridgehead atoms. The van der Waals surface area contributed by atoms with Crippen molar-refractivity contribution in [2.75, 3.05) is 0 Å². The summed E-state index contributed by atoms with van der Waals surface area (Å²) in [7, 11) is 0. The Morgan fingerprint density at radius 1 is 0.920 bits per heavy atom. The van der Waals surface area contributed by atoms with Crippen molar-refractivity contribution in [3.8, 4) is 0 Å². The Morgan fingerprint density at radius 3 is 2.04 bits per heavy atom. The van der Waals surface area contributed by atoms with Gasteiger partial charge >= 0.3 is 5.97 Å². The molecular weight excluding hydrogens is 336 g/mol. The van der Waals surface area contributed by atoms with Crippen molar-refractivity contribution in [1.29, 1.82) is 0 Å². The second-order valence-electron chi connectivity index (χ2n) is 6.81. The van der Waals surface area contributed by atoms with Gasteiger partial charge in [-0.05, 0) is 47.6 Å². The van der Waals surface area contributed by atoms with Gasteiger partial charge in [-0.15, -0.1) is 0 Å². The van der Waals surface area contributed by atoms with Crippen LogP contribution >= 0.6 is 11.6 Å². The van der Waals surface area contributed by atoms with Gasteiger partial charge in [-0.1, -0.05) is 67.3 Å². The fourth-order valence-electron chi connectivity index (χ4n) is 3.72. The topological polar surface area (TPSA) is 57.5 Å². The summed E-state index contributed by atoms with van der Waals surface area (Å²) in [6, 6.07) is 14.4. The third-order valence-electron chi connectivity index (χ3n) is 5.17. The lowest BCUT2D eigenvalue weighted by molar-refractivity contribution is -0.141. The van der Waals surface area contributed by atoms with Crippen LogP contribution < -0.4 is 0 Å². The maximum atomic E-state index is 11.8. The number of aliphatic hydroxyl groups excluding tert-OH is 1. The highest BCUT2D eigenvalue weighted by molar-refractivity contribution is 6.30. The van der Waals surface area contributed by atoms with Crippen LogP contribution in [0.2, 0.25) is 5.02 Å². The lowest BCUT2D eigenvalue weighted by Crippen LogP contribution is -2.20. The van der Waals surface area contributed by atoms with Crippen LogP contribution in [0.15, 0.2) is 48.5 Å². The van der Waals surface area contributed by atoms with Crippen LogP contribution in [0.25, 0.3) is 0 Å². The summed E-state index contributed by atoms with van der Waals surface area (Å²) in [5.41, 5.74) is 2.44. The highest BCUT2D eigenvalue weighted by Gasteiger charge is 2.29. The minimum Gasteiger partial charge on any atom is -0.481 e. The summed E-state index contributed by atoms with van der Waals surface area (Å²) in [6.07, 6.45) is 5.13. The molecule has 25 heavy (non-hydrogen) atoms. The molecule has 1 aliphatic carbocycles. The Bertz CT molecular complexity index is 703. The van der Waals surface area contributed by atoms with E-state index in [4.69, 9.17) is 11.6 Å². The first-order valence-electron chi connectivity index (χ1n) is 8.82. The van der Waals surface area contributed by atoms with Crippen molar-refractivity contribution >= 4 is 17.6 Å². The Labute approximate surface area is 153 Å². The number of hydrogen-bond acceptors (Lipinski definition) is 2. The Hall–Kier alpha value is -1.84. The molecule has 0 aromatic heterocycles. The molecule has 2 aromatic carbocycles. The third kappa shape index (κ3) is 4.23. The number of aliphatic hydroxyl groups is 1. The number of carboxylic acids is 1. The summed E-state index contributed by atoms with van der Waals surface area (Å²) < 4.78 is 0. The van der Waals surface area contributed by atoms with E-state index < -0.39 is 18.0 Å². The van der Waals surface area contributed by atoms with Gasteiger partial charge in [-0.2, -0.15) is 0 Å². The molecule has 2 atom stereocenters. The largest absolute Gasteiger partial charge is 0.481 e. The number of carboxylic acid groups (broad SMARTS) is 1. The predicted molar refractivity (Wildman–Crippen MR) is 99.1 cm³/mol. The van der Waals surface area contributed by atoms with Crippen LogP contribution in [0.1, 0.15) is 66.7 Å². The SMILES string of the molecule is O=C(O)[C@@H](c1ccc(C2CCCCC2)cc1)[C@H](O)c1ccc(Cl)cc1. The molecule has 2 aromatic rings. The molecule has 1 fully saturated rings. The van der Waals surface area contributed by atoms with Gasteiger partial charge in [0.25, 0.3) is 0 Å². The number of benzene rings is 2. The number of hydrogen-bond donors (Lipinski definition) is 2. The minimum atomic E-state index is -1.12. The number of rotatable bonds is 5. The second kappa shape index (κ2) is 8.03. The second-order valence-corrected chi connectivity index (χ2v) is 7.25. The van der Waals surface area contributed by atoms with Gasteiger partial charge in [0.15, 0.2) is 0 Å². The van der Waals surface area contributed by atoms with Crippen LogP contribution in [-0.4, -0.2) is 16.2 Å². The van der Waals surface area contributed by atoms with E-state index in [-0.39, 0.29) is 0 Å². The minimum absolute atomic E-state index is 0.549. The molecule has 132 valence electrons. The Balaban J connectivity index is 1.82. The first-order valence-corrected chi connectivity index (χ1v) is 9.20. The summed E-state index contributed by atoms with van der Waals surface area (Å²) in [4.78, 5) is 11.8. The van der Waals surface area contributed by atoms with Gasteiger partial charge in [0.05, 0.1) is 6.10 Å². The summed E-state index contributed by atoms with van der Waals surface area (Å²) in [5, 5.41) is 20.8. The van der Waals surface area contributed by atoms with Crippen LogP contribution in [0.3, 0.4) is 0 Å². The van der Waals surface area contributed by atoms with Gasteiger partial charge in [0.1, 0.15) is 5.92 Å². The number of halogens is 1. The molecular formula is C21H23ClO3. The lowest BCUT2D eigenvalue weighted by atomic mass is 9.82. The highest BCUT2D eigenvalue weighted by Crippen LogP contribution is 2.35. The zero-order valence-electron chi connectivity index (χ0n) is 14.1. The standard InChI is InChI=1S/C21H23ClO3/c22-18-12-10-17(11-13-18)20(23)19(21(24)25)16-8-6-15(7-9-16)14-4-2-1-3-5-14/h6-14,19-20,23H,1-5H2,(H,24,25)/t19-,20+/m0/s1. The average Bonchev–Trinajstić information content (AvgIpc) is 2.63. The lowest BCUT2D eigenvalue weighted by Gasteiger charge is -2.23. The van der Waals surface area contributed by atoms with E-state index in [1.807, 2.05) is 24.3 Å². The van der Waals surface area contributed by atoms with E-state index in [0.717, 1.165) is 0 Å². The van der Waals surface area contributed by atoms with E-state index >= 15 is 0 Å². The summed E-state index contributed by atoms with van der Waals surface area (Å²) in [6.45, 7) is 0. The van der Waals surface area contributed by atoms with Crippen molar-refractivity contribution < 1.29 is 15.0 Å². The van der Waals surface area contributed by atoms with Crippen LogP contribution in [0.5, 0.6) is 0 Å². The highest BCUT2D eigenvalue weighted by atomic mass is 35.5. The molecule has 1 saturated carbocycles. The van der Waals surface area contributed by atoms with E-state index in [2.05, 4.69) is 0 Å². The molecule has 0 saturated heterocycles. The smallest absolute Gasteiger partial charge is 0.314 e. The molecule has 0 amide bonds. The molecule has 1 aliphatic rings. The van der Waals surface area contributed by atoms with E-state index in [1.165, 1.54) is 37.7 Å². The normalized spacial score (nSPS) is 17.8. The maximum Gasteiger partial charge on any atom is 0.314 e. The van der Waals surface area contributed by atoms with Gasteiger partial charge in [0.2, 0.25) is 0 Å². The van der Waals surface area contributed by atoms with Crippen molar-refractivity contribution in [2.24, 2.45) is 0 Å². The van der Waals surface area contributed by atoms with E-state index in [9.17, 15) is 15.0 Å². The Morgan fingerprint density at radius 2 is 1.48 bits per heavy atom. The average molecular weight is 359 g/mol. The van der Waals surface area contributed by atoms with Gasteiger partial charge in [-0.3, -0.25) is 4.79 Å². The zero-order chi connectivity index (χ0) is 17.8. The molecule has 0 radical (unpaired) electrons. The van der Waals surface area contributed by atoms with Gasteiger partial charge in [-0.25, -0.2) is 0 Å². The number of carbonyl (C=O) groups is 1.